The molecule has 1 aromatic heterocycles. The van der Waals surface area contributed by atoms with Crippen LogP contribution in [0.15, 0.2) is 34.3 Å². The Hall–Kier alpha value is -2.36. The third-order valence-corrected chi connectivity index (χ3v) is 2.86. The minimum absolute atomic E-state index is 0.0602. The highest BCUT2D eigenvalue weighted by Gasteiger charge is 2.08. The van der Waals surface area contributed by atoms with E-state index in [2.05, 4.69) is 13.8 Å². The molecule has 0 saturated heterocycles. The van der Waals surface area contributed by atoms with Crippen molar-refractivity contribution in [3.8, 4) is 0 Å². The van der Waals surface area contributed by atoms with Crippen LogP contribution in [0, 0.1) is 5.41 Å². The molecule has 98 valence electrons. The van der Waals surface area contributed by atoms with Gasteiger partial charge in [-0.3, -0.25) is 0 Å². The average Bonchev–Trinajstić information content (AvgIpc) is 2.78. The van der Waals surface area contributed by atoms with Crippen molar-refractivity contribution in [3.63, 3.8) is 0 Å². The molecule has 2 aromatic rings. The molecule has 0 aliphatic heterocycles. The smallest absolute Gasteiger partial charge is 0.337 e. The van der Waals surface area contributed by atoms with Crippen LogP contribution in [0.4, 0.5) is 0 Å². The number of rotatable bonds is 4. The first-order chi connectivity index (χ1) is 9.01. The topological polar surface area (TPSA) is 74.3 Å². The Morgan fingerprint density at radius 1 is 1.37 bits per heavy atom. The van der Waals surface area contributed by atoms with E-state index < -0.39 is 5.97 Å². The summed E-state index contributed by atoms with van der Waals surface area (Å²) in [4.78, 5) is 10.8. The number of fused-ring (bicyclic) bond motifs is 1. The number of hydrogen-bond acceptors (Lipinski definition) is 3. The predicted molar refractivity (Wildman–Crippen MR) is 74.7 cm³/mol. The van der Waals surface area contributed by atoms with Crippen molar-refractivity contribution in [2.24, 2.45) is 0 Å². The van der Waals surface area contributed by atoms with E-state index in [0.717, 1.165) is 22.9 Å². The molecular weight excluding hydrogens is 242 g/mol. The highest BCUT2D eigenvalue weighted by atomic mass is 16.4. The third kappa shape index (κ3) is 2.73. The highest BCUT2D eigenvalue weighted by molar-refractivity contribution is 6.11. The normalized spacial score (nSPS) is 12.1. The maximum atomic E-state index is 10.8. The lowest BCUT2D eigenvalue weighted by molar-refractivity contribution is -0.131. The van der Waals surface area contributed by atoms with Crippen molar-refractivity contribution >= 4 is 29.2 Å². The molecule has 0 bridgehead atoms. The molecule has 19 heavy (non-hydrogen) atoms. The van der Waals surface area contributed by atoms with Gasteiger partial charge >= 0.3 is 5.97 Å². The van der Waals surface area contributed by atoms with Crippen LogP contribution < -0.4 is 0 Å². The molecule has 0 radical (unpaired) electrons. The first kappa shape index (κ1) is 13.1. The standard InChI is InChI=1S/C15H15NO3/c1-9(2)13-7-11-4-3-10(6-14(11)19-13)5-12(8-16)15(17)18/h3-9,16H,1-2H3,(H,17,18)/b12-5-,16-8?. The largest absolute Gasteiger partial charge is 0.478 e. The second-order valence-electron chi connectivity index (χ2n) is 4.65. The fourth-order valence-corrected chi connectivity index (χ4v) is 1.79. The molecular formula is C15H15NO3. The molecule has 1 heterocycles. The molecule has 0 aliphatic carbocycles. The van der Waals surface area contributed by atoms with E-state index in [1.165, 1.54) is 6.08 Å². The average molecular weight is 257 g/mol. The van der Waals surface area contributed by atoms with Gasteiger partial charge in [0.2, 0.25) is 0 Å². The van der Waals surface area contributed by atoms with Gasteiger partial charge in [0.1, 0.15) is 11.3 Å². The van der Waals surface area contributed by atoms with E-state index in [-0.39, 0.29) is 5.57 Å². The van der Waals surface area contributed by atoms with Gasteiger partial charge in [-0.15, -0.1) is 0 Å². The second kappa shape index (κ2) is 5.10. The van der Waals surface area contributed by atoms with Crippen LogP contribution in [0.5, 0.6) is 0 Å². The molecule has 0 unspecified atom stereocenters. The Balaban J connectivity index is 2.46. The summed E-state index contributed by atoms with van der Waals surface area (Å²) < 4.78 is 5.71. The first-order valence-electron chi connectivity index (χ1n) is 6.00. The molecule has 0 fully saturated rings. The van der Waals surface area contributed by atoms with Crippen LogP contribution >= 0.6 is 0 Å². The van der Waals surface area contributed by atoms with Crippen LogP contribution in [0.1, 0.15) is 31.1 Å². The van der Waals surface area contributed by atoms with Crippen molar-refractivity contribution in [2.75, 3.05) is 0 Å². The van der Waals surface area contributed by atoms with E-state index in [1.807, 2.05) is 18.2 Å². The zero-order valence-corrected chi connectivity index (χ0v) is 10.8. The fourth-order valence-electron chi connectivity index (χ4n) is 1.79. The zero-order valence-electron chi connectivity index (χ0n) is 10.8. The van der Waals surface area contributed by atoms with Gasteiger partial charge in [0, 0.05) is 17.5 Å². The number of hydrogen-bond donors (Lipinski definition) is 2. The highest BCUT2D eigenvalue weighted by Crippen LogP contribution is 2.26. The Morgan fingerprint density at radius 3 is 2.68 bits per heavy atom. The molecule has 0 aliphatic rings. The van der Waals surface area contributed by atoms with Crippen molar-refractivity contribution in [1.82, 2.24) is 0 Å². The van der Waals surface area contributed by atoms with Crippen molar-refractivity contribution < 1.29 is 14.3 Å². The Kier molecular flexibility index (Phi) is 3.51. The van der Waals surface area contributed by atoms with Crippen LogP contribution in [0.3, 0.4) is 0 Å². The zero-order chi connectivity index (χ0) is 14.0. The lowest BCUT2D eigenvalue weighted by Crippen LogP contribution is -2.00. The second-order valence-corrected chi connectivity index (χ2v) is 4.65. The summed E-state index contributed by atoms with van der Waals surface area (Å²) in [6, 6.07) is 7.48. The van der Waals surface area contributed by atoms with E-state index in [1.54, 1.807) is 6.07 Å². The van der Waals surface area contributed by atoms with Gasteiger partial charge in [-0.2, -0.15) is 0 Å². The summed E-state index contributed by atoms with van der Waals surface area (Å²) in [7, 11) is 0. The molecule has 4 nitrogen and oxygen atoms in total. The van der Waals surface area contributed by atoms with Crippen LogP contribution in [-0.4, -0.2) is 17.3 Å². The Bertz CT molecular complexity index is 665. The summed E-state index contributed by atoms with van der Waals surface area (Å²) in [5.41, 5.74) is 1.38. The van der Waals surface area contributed by atoms with Gasteiger partial charge < -0.3 is 14.9 Å². The van der Waals surface area contributed by atoms with Gasteiger partial charge in [0.15, 0.2) is 0 Å². The Labute approximate surface area is 110 Å². The number of carboxylic acid groups (broad SMARTS) is 1. The predicted octanol–water partition coefficient (Wildman–Crippen LogP) is 3.67. The minimum Gasteiger partial charge on any atom is -0.478 e. The number of aliphatic carboxylic acids is 1. The van der Waals surface area contributed by atoms with Crippen molar-refractivity contribution in [2.45, 2.75) is 19.8 Å². The number of furan rings is 1. The maximum Gasteiger partial charge on any atom is 0.337 e. The number of benzene rings is 1. The summed E-state index contributed by atoms with van der Waals surface area (Å²) in [6.45, 7) is 4.10. The lowest BCUT2D eigenvalue weighted by atomic mass is 10.1. The maximum absolute atomic E-state index is 10.8. The molecule has 2 N–H and O–H groups in total. The van der Waals surface area contributed by atoms with E-state index in [4.69, 9.17) is 14.9 Å². The summed E-state index contributed by atoms with van der Waals surface area (Å²) in [5, 5.41) is 16.9. The van der Waals surface area contributed by atoms with E-state index in [0.29, 0.717) is 11.5 Å². The SMILES string of the molecule is CC(C)c1cc2ccc(/C=C(/C=N)C(=O)O)cc2o1. The van der Waals surface area contributed by atoms with Gasteiger partial charge in [-0.1, -0.05) is 26.0 Å². The lowest BCUT2D eigenvalue weighted by Gasteiger charge is -1.97. The monoisotopic (exact) mass is 257 g/mol. The molecule has 0 saturated carbocycles. The van der Waals surface area contributed by atoms with Gasteiger partial charge in [0.25, 0.3) is 0 Å². The molecule has 1 aromatic carbocycles. The number of nitrogens with one attached hydrogen (secondary N) is 1. The summed E-state index contributed by atoms with van der Waals surface area (Å²) >= 11 is 0. The fraction of sp³-hybridized carbons (Fsp3) is 0.200. The molecule has 2 rings (SSSR count). The van der Waals surface area contributed by atoms with E-state index in [9.17, 15) is 4.79 Å². The molecule has 0 atom stereocenters. The summed E-state index contributed by atoms with van der Waals surface area (Å²) in [6.07, 6.45) is 2.28. The van der Waals surface area contributed by atoms with Gasteiger partial charge in [0.05, 0.1) is 5.57 Å². The van der Waals surface area contributed by atoms with Crippen LogP contribution in [0.2, 0.25) is 0 Å². The van der Waals surface area contributed by atoms with E-state index >= 15 is 0 Å². The molecule has 0 amide bonds. The minimum atomic E-state index is -1.11. The van der Waals surface area contributed by atoms with Crippen LogP contribution in [0.25, 0.3) is 17.0 Å². The van der Waals surface area contributed by atoms with Crippen molar-refractivity contribution in [1.29, 1.82) is 5.41 Å². The quantitative estimate of drug-likeness (QED) is 0.648. The third-order valence-electron chi connectivity index (χ3n) is 2.86. The van der Waals surface area contributed by atoms with Gasteiger partial charge in [-0.25, -0.2) is 4.79 Å². The number of carbonyl (C=O) groups is 1. The van der Waals surface area contributed by atoms with Crippen LogP contribution in [-0.2, 0) is 4.79 Å². The van der Waals surface area contributed by atoms with Crippen molar-refractivity contribution in [3.05, 3.63) is 41.2 Å². The van der Waals surface area contributed by atoms with Gasteiger partial charge in [-0.05, 0) is 23.8 Å². The molecule has 4 heteroatoms. The molecule has 0 spiro atoms. The summed E-state index contributed by atoms with van der Waals surface area (Å²) in [5.74, 6) is 0.0987. The first-order valence-corrected chi connectivity index (χ1v) is 6.00. The number of carboxylic acids is 1. The Morgan fingerprint density at radius 2 is 2.11 bits per heavy atom.